The van der Waals surface area contributed by atoms with E-state index in [0.29, 0.717) is 6.10 Å². The molecule has 1 fully saturated rings. The Kier molecular flexibility index (Phi) is 5.47. The van der Waals surface area contributed by atoms with Gasteiger partial charge in [0.1, 0.15) is 0 Å². The molecule has 0 bridgehead atoms. The molecule has 0 atom stereocenters. The number of hydrogen-bond donors (Lipinski definition) is 0. The predicted molar refractivity (Wildman–Crippen MR) is 94.2 cm³/mol. The Morgan fingerprint density at radius 1 is 1.17 bits per heavy atom. The van der Waals surface area contributed by atoms with Crippen molar-refractivity contribution < 1.29 is 9.47 Å². The third kappa shape index (κ3) is 3.82. The lowest BCUT2D eigenvalue weighted by atomic mass is 10.0. The van der Waals surface area contributed by atoms with Crippen molar-refractivity contribution in [1.29, 1.82) is 0 Å². The van der Waals surface area contributed by atoms with E-state index in [1.165, 1.54) is 16.6 Å². The highest BCUT2D eigenvalue weighted by atomic mass is 16.5. The van der Waals surface area contributed by atoms with Crippen molar-refractivity contribution in [2.75, 3.05) is 38.3 Å². The molecular weight excluding hydrogens is 288 g/mol. The van der Waals surface area contributed by atoms with Gasteiger partial charge in [-0.25, -0.2) is 0 Å². The van der Waals surface area contributed by atoms with Crippen molar-refractivity contribution in [3.63, 3.8) is 0 Å². The first-order chi connectivity index (χ1) is 11.3. The summed E-state index contributed by atoms with van der Waals surface area (Å²) in [6.45, 7) is 5.79. The number of rotatable bonds is 6. The van der Waals surface area contributed by atoms with Gasteiger partial charge in [0, 0.05) is 50.7 Å². The average molecular weight is 314 g/mol. The van der Waals surface area contributed by atoms with Crippen LogP contribution in [-0.2, 0) is 9.47 Å². The third-order valence-electron chi connectivity index (χ3n) is 4.58. The second-order valence-electron chi connectivity index (χ2n) is 6.20. The molecule has 1 aliphatic heterocycles. The molecule has 23 heavy (non-hydrogen) atoms. The monoisotopic (exact) mass is 314 g/mol. The number of anilines is 1. The van der Waals surface area contributed by atoms with E-state index in [1.807, 2.05) is 6.20 Å². The first kappa shape index (κ1) is 16.2. The number of ether oxygens (including phenoxy) is 2. The normalized spacial score (nSPS) is 16.2. The molecule has 4 heteroatoms. The number of nitrogens with zero attached hydrogens (tertiary/aromatic N) is 2. The smallest absolute Gasteiger partial charge is 0.0751 e. The molecule has 2 heterocycles. The molecule has 3 rings (SSSR count). The largest absolute Gasteiger partial charge is 0.385 e. The minimum absolute atomic E-state index is 0.387. The summed E-state index contributed by atoms with van der Waals surface area (Å²) in [6, 6.07) is 8.56. The lowest BCUT2D eigenvalue weighted by molar-refractivity contribution is 0.0258. The molecule has 124 valence electrons. The van der Waals surface area contributed by atoms with Crippen LogP contribution in [0.1, 0.15) is 24.8 Å². The van der Waals surface area contributed by atoms with Crippen LogP contribution in [0.2, 0.25) is 0 Å². The minimum Gasteiger partial charge on any atom is -0.385 e. The number of methoxy groups -OCH3 is 1. The van der Waals surface area contributed by atoms with Crippen molar-refractivity contribution in [2.24, 2.45) is 0 Å². The first-order valence-corrected chi connectivity index (χ1v) is 8.49. The van der Waals surface area contributed by atoms with Gasteiger partial charge in [0.15, 0.2) is 0 Å². The maximum Gasteiger partial charge on any atom is 0.0751 e. The van der Waals surface area contributed by atoms with Crippen LogP contribution in [0.15, 0.2) is 30.5 Å². The van der Waals surface area contributed by atoms with Gasteiger partial charge in [0.05, 0.1) is 11.6 Å². The van der Waals surface area contributed by atoms with Gasteiger partial charge in [-0.2, -0.15) is 0 Å². The lowest BCUT2D eigenvalue weighted by Gasteiger charge is -2.34. The Morgan fingerprint density at radius 2 is 2.00 bits per heavy atom. The van der Waals surface area contributed by atoms with E-state index in [-0.39, 0.29) is 0 Å². The zero-order valence-electron chi connectivity index (χ0n) is 14.1. The first-order valence-electron chi connectivity index (χ1n) is 8.49. The second kappa shape index (κ2) is 7.75. The summed E-state index contributed by atoms with van der Waals surface area (Å²) in [5.74, 6) is 0. The number of piperidine rings is 1. The van der Waals surface area contributed by atoms with Crippen molar-refractivity contribution in [1.82, 2.24) is 4.98 Å². The van der Waals surface area contributed by atoms with Crippen molar-refractivity contribution in [2.45, 2.75) is 32.3 Å². The van der Waals surface area contributed by atoms with Gasteiger partial charge < -0.3 is 14.4 Å². The topological polar surface area (TPSA) is 34.6 Å². The Labute approximate surface area is 138 Å². The molecule has 0 amide bonds. The number of aryl methyl sites for hydroxylation is 1. The van der Waals surface area contributed by atoms with Crippen molar-refractivity contribution in [3.8, 4) is 0 Å². The van der Waals surface area contributed by atoms with Gasteiger partial charge in [-0.3, -0.25) is 4.98 Å². The number of hydrogen-bond acceptors (Lipinski definition) is 4. The maximum absolute atomic E-state index is 5.96. The third-order valence-corrected chi connectivity index (χ3v) is 4.58. The molecule has 1 saturated heterocycles. The number of pyridine rings is 1. The van der Waals surface area contributed by atoms with E-state index in [2.05, 4.69) is 41.1 Å². The molecule has 0 unspecified atom stereocenters. The number of benzene rings is 1. The molecule has 1 aromatic carbocycles. The van der Waals surface area contributed by atoms with Gasteiger partial charge >= 0.3 is 0 Å². The van der Waals surface area contributed by atoms with Crippen molar-refractivity contribution >= 4 is 16.6 Å². The Morgan fingerprint density at radius 3 is 2.78 bits per heavy atom. The molecule has 2 aromatic rings. The highest BCUT2D eigenvalue weighted by molar-refractivity contribution is 5.93. The second-order valence-corrected chi connectivity index (χ2v) is 6.20. The molecule has 0 radical (unpaired) electrons. The summed E-state index contributed by atoms with van der Waals surface area (Å²) in [5.41, 5.74) is 3.65. The number of para-hydroxylation sites is 1. The summed E-state index contributed by atoms with van der Waals surface area (Å²) < 4.78 is 11.0. The minimum atomic E-state index is 0.387. The number of fused-ring (bicyclic) bond motifs is 1. The number of aromatic nitrogens is 1. The molecule has 4 nitrogen and oxygen atoms in total. The van der Waals surface area contributed by atoms with Crippen molar-refractivity contribution in [3.05, 3.63) is 36.0 Å². The van der Waals surface area contributed by atoms with Crippen LogP contribution in [0, 0.1) is 6.92 Å². The molecule has 0 aliphatic carbocycles. The van der Waals surface area contributed by atoms with Gasteiger partial charge in [0.2, 0.25) is 0 Å². The zero-order chi connectivity index (χ0) is 16.1. The van der Waals surface area contributed by atoms with Gasteiger partial charge in [0.25, 0.3) is 0 Å². The summed E-state index contributed by atoms with van der Waals surface area (Å²) in [4.78, 5) is 7.02. The Bertz CT molecular complexity index is 636. The van der Waals surface area contributed by atoms with E-state index >= 15 is 0 Å². The van der Waals surface area contributed by atoms with Gasteiger partial charge in [-0.15, -0.1) is 0 Å². The summed E-state index contributed by atoms with van der Waals surface area (Å²) in [6.07, 6.45) is 5.46. The fraction of sp³-hybridized carbons (Fsp3) is 0.526. The molecule has 0 saturated carbocycles. The predicted octanol–water partition coefficient (Wildman–Crippen LogP) is 3.57. The molecular formula is C19H26N2O2. The molecule has 1 aromatic heterocycles. The Balaban J connectivity index is 1.63. The van der Waals surface area contributed by atoms with Crippen LogP contribution in [0.25, 0.3) is 10.9 Å². The highest BCUT2D eigenvalue weighted by Gasteiger charge is 2.21. The van der Waals surface area contributed by atoms with Gasteiger partial charge in [-0.05, 0) is 37.8 Å². The van der Waals surface area contributed by atoms with Crippen LogP contribution in [0.3, 0.4) is 0 Å². The van der Waals surface area contributed by atoms with Crippen LogP contribution < -0.4 is 4.90 Å². The molecule has 0 N–H and O–H groups in total. The summed E-state index contributed by atoms with van der Waals surface area (Å²) in [5, 5.41) is 1.26. The van der Waals surface area contributed by atoms with E-state index in [4.69, 9.17) is 9.47 Å². The average Bonchev–Trinajstić information content (AvgIpc) is 2.59. The fourth-order valence-electron chi connectivity index (χ4n) is 3.30. The summed E-state index contributed by atoms with van der Waals surface area (Å²) in [7, 11) is 1.74. The van der Waals surface area contributed by atoms with E-state index in [9.17, 15) is 0 Å². The van der Waals surface area contributed by atoms with Gasteiger partial charge in [-0.1, -0.05) is 18.2 Å². The highest BCUT2D eigenvalue weighted by Crippen LogP contribution is 2.29. The maximum atomic E-state index is 5.96. The van der Waals surface area contributed by atoms with Crippen LogP contribution in [0.4, 0.5) is 5.69 Å². The van der Waals surface area contributed by atoms with Crippen LogP contribution in [-0.4, -0.2) is 44.5 Å². The fourth-order valence-corrected chi connectivity index (χ4v) is 3.30. The van der Waals surface area contributed by atoms with E-state index < -0.39 is 0 Å². The van der Waals surface area contributed by atoms with Crippen LogP contribution in [0.5, 0.6) is 0 Å². The molecule has 0 spiro atoms. The standard InChI is InChI=1S/C19H26N2O2/c1-15-5-3-6-17-18(7-10-20-19(15)17)21-11-8-16(9-12-21)23-14-4-13-22-2/h3,5-7,10,16H,4,8-9,11-14H2,1-2H3. The molecule has 1 aliphatic rings. The summed E-state index contributed by atoms with van der Waals surface area (Å²) >= 11 is 0. The lowest BCUT2D eigenvalue weighted by Crippen LogP contribution is -2.37. The van der Waals surface area contributed by atoms with Crippen LogP contribution >= 0.6 is 0 Å². The van der Waals surface area contributed by atoms with E-state index in [1.54, 1.807) is 7.11 Å². The zero-order valence-corrected chi connectivity index (χ0v) is 14.1. The quantitative estimate of drug-likeness (QED) is 0.764. The van der Waals surface area contributed by atoms with E-state index in [0.717, 1.165) is 51.1 Å². The Hall–Kier alpha value is -1.65. The SMILES string of the molecule is COCCCOC1CCN(c2ccnc3c(C)cccc23)CC1.